The van der Waals surface area contributed by atoms with Crippen LogP contribution in [0.1, 0.15) is 32.1 Å². The molecule has 0 saturated carbocycles. The fraction of sp³-hybridized carbons (Fsp3) is 0.0625. The first-order valence-electron chi connectivity index (χ1n) is 13.5. The molecule has 4 aromatic carbocycles. The van der Waals surface area contributed by atoms with E-state index in [4.69, 9.17) is 5.73 Å². The molecule has 0 spiro atoms. The summed E-state index contributed by atoms with van der Waals surface area (Å²) in [5.41, 5.74) is 8.84. The number of carbonyl (C=O) groups is 2. The highest BCUT2D eigenvalue weighted by molar-refractivity contribution is 9.10. The van der Waals surface area contributed by atoms with Crippen LogP contribution in [0, 0.1) is 0 Å². The zero-order chi connectivity index (χ0) is 30.8. The molecule has 0 saturated heterocycles. The van der Waals surface area contributed by atoms with Gasteiger partial charge in [0.15, 0.2) is 0 Å². The number of para-hydroxylation sites is 1. The highest BCUT2D eigenvalue weighted by atomic mass is 79.9. The van der Waals surface area contributed by atoms with Crippen LogP contribution in [0.4, 0.5) is 11.4 Å². The van der Waals surface area contributed by atoms with Crippen molar-refractivity contribution in [2.24, 2.45) is 5.73 Å². The van der Waals surface area contributed by atoms with Crippen LogP contribution in [-0.4, -0.2) is 37.1 Å². The monoisotopic (exact) mass is 649 g/mol. The molecule has 3 heterocycles. The number of amides is 2. The fourth-order valence-electron chi connectivity index (χ4n) is 4.99. The number of anilines is 2. The summed E-state index contributed by atoms with van der Waals surface area (Å²) in [6.45, 7) is 0.292. The Labute approximate surface area is 257 Å². The quantitative estimate of drug-likeness (QED) is 0.196. The molecule has 218 valence electrons. The van der Waals surface area contributed by atoms with Gasteiger partial charge in [-0.2, -0.15) is 10.2 Å². The number of aromatic nitrogens is 4. The van der Waals surface area contributed by atoms with Crippen molar-refractivity contribution in [1.82, 2.24) is 25.3 Å². The van der Waals surface area contributed by atoms with Crippen LogP contribution in [0.25, 0.3) is 21.5 Å². The van der Waals surface area contributed by atoms with Crippen LogP contribution >= 0.6 is 15.9 Å². The van der Waals surface area contributed by atoms with E-state index < -0.39 is 0 Å². The van der Waals surface area contributed by atoms with Crippen molar-refractivity contribution < 1.29 is 9.59 Å². The molecular formula is C32H24BrN7O4. The van der Waals surface area contributed by atoms with E-state index in [2.05, 4.69) is 41.6 Å². The van der Waals surface area contributed by atoms with Gasteiger partial charge in [0.2, 0.25) is 0 Å². The largest absolute Gasteiger partial charge is 0.356 e. The average Bonchev–Trinajstić information content (AvgIpc) is 3.28. The van der Waals surface area contributed by atoms with Gasteiger partial charge in [-0.1, -0.05) is 58.4 Å². The third kappa shape index (κ3) is 5.51. The minimum absolute atomic E-state index is 0.00125. The Bertz CT molecular complexity index is 2150. The second kappa shape index (κ2) is 12.0. The number of aromatic amines is 2. The average molecular weight is 650 g/mol. The van der Waals surface area contributed by atoms with E-state index in [1.54, 1.807) is 42.5 Å². The van der Waals surface area contributed by atoms with Gasteiger partial charge in [-0.25, -0.2) is 10.2 Å². The van der Waals surface area contributed by atoms with Crippen molar-refractivity contribution in [3.8, 4) is 0 Å². The molecule has 1 aliphatic rings. The van der Waals surface area contributed by atoms with Crippen molar-refractivity contribution in [2.75, 3.05) is 5.32 Å². The smallest absolute Gasteiger partial charge is 0.272 e. The minimum atomic E-state index is -0.353. The number of rotatable bonds is 5. The third-order valence-electron chi connectivity index (χ3n) is 7.14. The molecule has 12 heteroatoms. The van der Waals surface area contributed by atoms with Crippen molar-refractivity contribution in [1.29, 1.82) is 0 Å². The van der Waals surface area contributed by atoms with E-state index in [0.29, 0.717) is 45.2 Å². The number of hydrogen-bond acceptors (Lipinski definition) is 8. The molecule has 2 aromatic heterocycles. The molecule has 0 unspecified atom stereocenters. The molecule has 0 bridgehead atoms. The molecule has 0 aliphatic carbocycles. The zero-order valence-corrected chi connectivity index (χ0v) is 24.6. The molecule has 7 rings (SSSR count). The summed E-state index contributed by atoms with van der Waals surface area (Å²) in [4.78, 5) is 49.9. The summed E-state index contributed by atoms with van der Waals surface area (Å²) in [7, 11) is 0. The lowest BCUT2D eigenvalue weighted by Crippen LogP contribution is -2.30. The summed E-state index contributed by atoms with van der Waals surface area (Å²) in [6, 6.07) is 27.3. The molecule has 44 heavy (non-hydrogen) atoms. The maximum absolute atomic E-state index is 12.5. The molecule has 0 atom stereocenters. The second-order valence-electron chi connectivity index (χ2n) is 9.89. The number of nitrogens with two attached hydrogens (primary N) is 1. The number of benzene rings is 4. The normalized spacial score (nSPS) is 12.3. The third-order valence-corrected chi connectivity index (χ3v) is 7.63. The first kappa shape index (κ1) is 28.6. The minimum Gasteiger partial charge on any atom is -0.356 e. The van der Waals surface area contributed by atoms with Crippen LogP contribution in [0.2, 0.25) is 0 Å². The van der Waals surface area contributed by atoms with Crippen molar-refractivity contribution >= 4 is 60.7 Å². The number of carbonyl (C=O) groups excluding carboxylic acids is 2. The van der Waals surface area contributed by atoms with Crippen molar-refractivity contribution in [3.63, 3.8) is 0 Å². The standard InChI is InChI=1S/C17H10BrN3O3.C15H14N4O/c18-9-5-6-10-13(7-9)15(22)20-19-14(10)8-21-16(23)11-3-1-2-4-12(11)17(21)24;16-9-14-12-7-6-11(8-13(12)15(20)19-18-14)17-10-4-2-1-3-5-10/h1-7H,8H2,(H,20,22);1-8,17H,9,16H2,(H,19,20). The second-order valence-corrected chi connectivity index (χ2v) is 10.8. The Morgan fingerprint density at radius 1 is 0.659 bits per heavy atom. The Morgan fingerprint density at radius 2 is 1.23 bits per heavy atom. The summed E-state index contributed by atoms with van der Waals surface area (Å²) in [5, 5.41) is 18.6. The lowest BCUT2D eigenvalue weighted by molar-refractivity contribution is 0.0640. The molecule has 2 amide bonds. The van der Waals surface area contributed by atoms with Crippen LogP contribution in [0.5, 0.6) is 0 Å². The van der Waals surface area contributed by atoms with Crippen LogP contribution in [-0.2, 0) is 13.1 Å². The Hall–Kier alpha value is -5.46. The molecule has 11 nitrogen and oxygen atoms in total. The van der Waals surface area contributed by atoms with E-state index in [-0.39, 0.29) is 29.5 Å². The lowest BCUT2D eigenvalue weighted by Gasteiger charge is -2.14. The topological polar surface area (TPSA) is 167 Å². The predicted molar refractivity (Wildman–Crippen MR) is 171 cm³/mol. The highest BCUT2D eigenvalue weighted by Crippen LogP contribution is 2.26. The summed E-state index contributed by atoms with van der Waals surface area (Å²) in [5.74, 6) is -0.706. The van der Waals surface area contributed by atoms with Gasteiger partial charge in [-0.15, -0.1) is 0 Å². The summed E-state index contributed by atoms with van der Waals surface area (Å²) >= 11 is 3.33. The molecule has 5 N–H and O–H groups in total. The fourth-order valence-corrected chi connectivity index (χ4v) is 5.35. The highest BCUT2D eigenvalue weighted by Gasteiger charge is 2.35. The van der Waals surface area contributed by atoms with Gasteiger partial charge in [-0.05, 0) is 48.5 Å². The van der Waals surface area contributed by atoms with Gasteiger partial charge in [0, 0.05) is 33.2 Å². The van der Waals surface area contributed by atoms with Crippen LogP contribution < -0.4 is 22.2 Å². The summed E-state index contributed by atoms with van der Waals surface area (Å²) < 4.78 is 0.762. The van der Waals surface area contributed by atoms with Gasteiger partial charge < -0.3 is 11.1 Å². The maximum atomic E-state index is 12.5. The Balaban J connectivity index is 0.000000159. The molecular weight excluding hydrogens is 626 g/mol. The predicted octanol–water partition coefficient (Wildman–Crippen LogP) is 4.61. The number of nitrogens with one attached hydrogen (secondary N) is 3. The van der Waals surface area contributed by atoms with E-state index >= 15 is 0 Å². The lowest BCUT2D eigenvalue weighted by atomic mass is 10.1. The number of halogens is 1. The van der Waals surface area contributed by atoms with Crippen LogP contribution in [0.3, 0.4) is 0 Å². The number of nitrogens with zero attached hydrogens (tertiary/aromatic N) is 3. The van der Waals surface area contributed by atoms with E-state index in [0.717, 1.165) is 26.1 Å². The van der Waals surface area contributed by atoms with Gasteiger partial charge in [0.05, 0.1) is 39.8 Å². The molecule has 6 aromatic rings. The molecule has 0 radical (unpaired) electrons. The number of hydrogen-bond donors (Lipinski definition) is 4. The molecule has 0 fully saturated rings. The van der Waals surface area contributed by atoms with E-state index in [1.807, 2.05) is 48.5 Å². The van der Waals surface area contributed by atoms with Crippen molar-refractivity contribution in [2.45, 2.75) is 13.1 Å². The number of H-pyrrole nitrogens is 2. The van der Waals surface area contributed by atoms with Crippen LogP contribution in [0.15, 0.2) is 105 Å². The van der Waals surface area contributed by atoms with Gasteiger partial charge in [0.25, 0.3) is 22.9 Å². The Kier molecular flexibility index (Phi) is 7.84. The summed E-state index contributed by atoms with van der Waals surface area (Å²) in [6.07, 6.45) is 0. The van der Waals surface area contributed by atoms with E-state index in [1.165, 1.54) is 0 Å². The van der Waals surface area contributed by atoms with E-state index in [9.17, 15) is 19.2 Å². The number of imide groups is 1. The molecule has 1 aliphatic heterocycles. The number of fused-ring (bicyclic) bond motifs is 3. The maximum Gasteiger partial charge on any atom is 0.272 e. The zero-order valence-electron chi connectivity index (χ0n) is 23.0. The van der Waals surface area contributed by atoms with Gasteiger partial charge in [-0.3, -0.25) is 24.1 Å². The first-order chi connectivity index (χ1) is 21.3. The first-order valence-corrected chi connectivity index (χ1v) is 14.3. The van der Waals surface area contributed by atoms with Gasteiger partial charge >= 0.3 is 0 Å². The SMILES string of the molecule is NCc1n[nH]c(=O)c2cc(Nc3ccccc3)ccc12.O=C1c2ccccc2C(=O)N1Cc1n[nH]c(=O)c2cc(Br)ccc12. The van der Waals surface area contributed by atoms with Crippen molar-refractivity contribution in [3.05, 3.63) is 139 Å². The Morgan fingerprint density at radius 3 is 1.89 bits per heavy atom. The van der Waals surface area contributed by atoms with Gasteiger partial charge in [0.1, 0.15) is 0 Å².